The van der Waals surface area contributed by atoms with Crippen LogP contribution < -0.4 is 0 Å². The lowest BCUT2D eigenvalue weighted by atomic mass is 10.3. The van der Waals surface area contributed by atoms with E-state index in [0.717, 1.165) is 25.9 Å². The molecule has 0 bridgehead atoms. The van der Waals surface area contributed by atoms with E-state index in [1.807, 2.05) is 0 Å². The third kappa shape index (κ3) is 7.92. The molecule has 27 heavy (non-hydrogen) atoms. The van der Waals surface area contributed by atoms with Crippen molar-refractivity contribution in [3.8, 4) is 5.75 Å². The van der Waals surface area contributed by atoms with Gasteiger partial charge in [-0.3, -0.25) is 9.59 Å². The van der Waals surface area contributed by atoms with E-state index in [9.17, 15) is 9.59 Å². The molecule has 1 aliphatic heterocycles. The van der Waals surface area contributed by atoms with Crippen LogP contribution in [0.25, 0.3) is 0 Å². The number of likely N-dealkylation sites (N-methyl/N-ethyl adjacent to an activating group) is 1. The molecule has 2 amide bonds. The summed E-state index contributed by atoms with van der Waals surface area (Å²) < 4.78 is 5.12. The van der Waals surface area contributed by atoms with Gasteiger partial charge < -0.3 is 24.7 Å². The fourth-order valence-corrected chi connectivity index (χ4v) is 2.77. The number of hydrogen-bond acceptors (Lipinski definition) is 5. The Hall–Kier alpha value is -1.54. The zero-order chi connectivity index (χ0) is 20.4. The first-order chi connectivity index (χ1) is 12.8. The second kappa shape index (κ2) is 12.0. The van der Waals surface area contributed by atoms with Crippen molar-refractivity contribution in [1.82, 2.24) is 9.80 Å². The lowest BCUT2D eigenvalue weighted by Crippen LogP contribution is -2.45. The Morgan fingerprint density at radius 1 is 1.26 bits per heavy atom. The number of aromatic hydroxyl groups is 1. The summed E-state index contributed by atoms with van der Waals surface area (Å²) in [5.74, 6) is -0.271. The van der Waals surface area contributed by atoms with Crippen LogP contribution in [0.3, 0.4) is 0 Å². The van der Waals surface area contributed by atoms with Crippen molar-refractivity contribution in [2.24, 2.45) is 0 Å². The van der Waals surface area contributed by atoms with Crippen molar-refractivity contribution in [3.05, 3.63) is 28.2 Å². The number of carbonyl (C=O) groups excluding carboxylic acids is 2. The van der Waals surface area contributed by atoms with Gasteiger partial charge in [0.2, 0.25) is 5.91 Å². The van der Waals surface area contributed by atoms with Crippen LogP contribution in [-0.2, 0) is 14.3 Å². The van der Waals surface area contributed by atoms with Crippen LogP contribution in [0.15, 0.2) is 18.2 Å². The number of benzene rings is 1. The lowest BCUT2D eigenvalue weighted by molar-refractivity contribution is -0.148. The number of aliphatic hydroxyl groups excluding tert-OH is 1. The molecule has 1 aromatic carbocycles. The maximum atomic E-state index is 11.9. The monoisotopic (exact) mass is 420 g/mol. The van der Waals surface area contributed by atoms with E-state index in [0.29, 0.717) is 16.7 Å². The van der Waals surface area contributed by atoms with Crippen LogP contribution in [0.1, 0.15) is 19.8 Å². The standard InChI is InChI=1S/C12H22N2O4.C6H4Cl2O/c1-3-18-10(9-15)12(17)13(2)8-11(16)14-6-4-5-7-14;7-5-2-1-4(9)3-6(5)8/h10,15H,3-9H2,1-2H3;1-3,9H. The Kier molecular flexibility index (Phi) is 10.5. The molecule has 0 radical (unpaired) electrons. The van der Waals surface area contributed by atoms with Crippen LogP contribution >= 0.6 is 23.2 Å². The van der Waals surface area contributed by atoms with Gasteiger partial charge in [-0.1, -0.05) is 23.2 Å². The molecule has 0 aliphatic carbocycles. The summed E-state index contributed by atoms with van der Waals surface area (Å²) in [4.78, 5) is 26.8. The van der Waals surface area contributed by atoms with Gasteiger partial charge in [0, 0.05) is 26.7 Å². The minimum absolute atomic E-state index is 0.0441. The molecular weight excluding hydrogens is 395 g/mol. The van der Waals surface area contributed by atoms with Gasteiger partial charge >= 0.3 is 0 Å². The molecule has 2 N–H and O–H groups in total. The first kappa shape index (κ1) is 23.5. The van der Waals surface area contributed by atoms with Gasteiger partial charge in [0.1, 0.15) is 5.75 Å². The minimum Gasteiger partial charge on any atom is -0.508 e. The molecule has 1 aliphatic rings. The quantitative estimate of drug-likeness (QED) is 0.735. The number of phenols is 1. The zero-order valence-electron chi connectivity index (χ0n) is 15.5. The predicted molar refractivity (Wildman–Crippen MR) is 104 cm³/mol. The van der Waals surface area contributed by atoms with Gasteiger partial charge in [-0.25, -0.2) is 0 Å². The van der Waals surface area contributed by atoms with E-state index in [-0.39, 0.29) is 30.7 Å². The summed E-state index contributed by atoms with van der Waals surface area (Å²) in [5, 5.41) is 18.7. The number of aliphatic hydroxyl groups is 1. The number of likely N-dealkylation sites (tertiary alicyclic amines) is 1. The molecule has 9 heteroatoms. The molecule has 1 unspecified atom stereocenters. The molecule has 2 rings (SSSR count). The molecule has 1 saturated heterocycles. The fraction of sp³-hybridized carbons (Fsp3) is 0.556. The third-order valence-electron chi connectivity index (χ3n) is 3.92. The summed E-state index contributed by atoms with van der Waals surface area (Å²) >= 11 is 11.1. The van der Waals surface area contributed by atoms with E-state index in [2.05, 4.69) is 0 Å². The molecule has 0 aromatic heterocycles. The number of rotatable bonds is 6. The van der Waals surface area contributed by atoms with E-state index >= 15 is 0 Å². The maximum Gasteiger partial charge on any atom is 0.254 e. The van der Waals surface area contributed by atoms with Crippen molar-refractivity contribution in [2.75, 3.05) is 39.9 Å². The molecule has 1 aromatic rings. The van der Waals surface area contributed by atoms with Gasteiger partial charge in [-0.05, 0) is 38.0 Å². The van der Waals surface area contributed by atoms with Crippen molar-refractivity contribution >= 4 is 35.0 Å². The van der Waals surface area contributed by atoms with Gasteiger partial charge in [0.15, 0.2) is 6.10 Å². The average Bonchev–Trinajstić information content (AvgIpc) is 3.18. The Labute approximate surface area is 169 Å². The summed E-state index contributed by atoms with van der Waals surface area (Å²) in [7, 11) is 1.55. The van der Waals surface area contributed by atoms with E-state index < -0.39 is 6.10 Å². The Morgan fingerprint density at radius 3 is 2.37 bits per heavy atom. The number of amides is 2. The summed E-state index contributed by atoms with van der Waals surface area (Å²) in [6.45, 7) is 3.33. The molecule has 0 spiro atoms. The minimum atomic E-state index is -0.869. The molecule has 1 heterocycles. The Bertz CT molecular complexity index is 624. The van der Waals surface area contributed by atoms with Crippen molar-refractivity contribution in [3.63, 3.8) is 0 Å². The second-order valence-electron chi connectivity index (χ2n) is 6.01. The van der Waals surface area contributed by atoms with Gasteiger partial charge in [0.05, 0.1) is 23.2 Å². The Balaban J connectivity index is 0.000000337. The predicted octanol–water partition coefficient (Wildman–Crippen LogP) is 2.16. The fourth-order valence-electron chi connectivity index (χ4n) is 2.48. The van der Waals surface area contributed by atoms with E-state index in [4.69, 9.17) is 38.2 Å². The molecule has 1 fully saturated rings. The normalized spacial score (nSPS) is 14.3. The third-order valence-corrected chi connectivity index (χ3v) is 4.66. The highest BCUT2D eigenvalue weighted by Crippen LogP contribution is 2.25. The average molecular weight is 421 g/mol. The Morgan fingerprint density at radius 2 is 1.89 bits per heavy atom. The maximum absolute atomic E-state index is 11.9. The highest BCUT2D eigenvalue weighted by molar-refractivity contribution is 6.42. The van der Waals surface area contributed by atoms with Crippen LogP contribution in [0.4, 0.5) is 0 Å². The molecular formula is C18H26Cl2N2O5. The number of halogens is 2. The van der Waals surface area contributed by atoms with Gasteiger partial charge in [0.25, 0.3) is 5.91 Å². The van der Waals surface area contributed by atoms with Crippen molar-refractivity contribution in [2.45, 2.75) is 25.9 Å². The summed E-state index contributed by atoms with van der Waals surface area (Å²) in [6.07, 6.45) is 1.19. The van der Waals surface area contributed by atoms with Gasteiger partial charge in [-0.15, -0.1) is 0 Å². The SMILES string of the molecule is CCOC(CO)C(=O)N(C)CC(=O)N1CCCC1.Oc1ccc(Cl)c(Cl)c1. The molecule has 0 saturated carbocycles. The number of carbonyl (C=O) groups is 2. The van der Waals surface area contributed by atoms with Gasteiger partial charge in [-0.2, -0.15) is 0 Å². The van der Waals surface area contributed by atoms with Crippen LogP contribution in [0.5, 0.6) is 5.75 Å². The highest BCUT2D eigenvalue weighted by atomic mass is 35.5. The number of ether oxygens (including phenoxy) is 1. The smallest absolute Gasteiger partial charge is 0.254 e. The molecule has 7 nitrogen and oxygen atoms in total. The van der Waals surface area contributed by atoms with Crippen molar-refractivity contribution < 1.29 is 24.5 Å². The number of phenolic OH excluding ortho intramolecular Hbond substituents is 1. The van der Waals surface area contributed by atoms with Crippen molar-refractivity contribution in [1.29, 1.82) is 0 Å². The summed E-state index contributed by atoms with van der Waals surface area (Å²) in [6, 6.07) is 4.41. The molecule has 152 valence electrons. The number of nitrogens with zero attached hydrogens (tertiary/aromatic N) is 2. The topological polar surface area (TPSA) is 90.3 Å². The van der Waals surface area contributed by atoms with Crippen LogP contribution in [-0.4, -0.2) is 77.8 Å². The molecule has 1 atom stereocenters. The first-order valence-corrected chi connectivity index (χ1v) is 9.45. The first-order valence-electron chi connectivity index (χ1n) is 8.69. The summed E-state index contributed by atoms with van der Waals surface area (Å²) in [5.41, 5.74) is 0. The van der Waals surface area contributed by atoms with Crippen LogP contribution in [0.2, 0.25) is 10.0 Å². The number of hydrogen-bond donors (Lipinski definition) is 2. The van der Waals surface area contributed by atoms with Crippen LogP contribution in [0, 0.1) is 0 Å². The second-order valence-corrected chi connectivity index (χ2v) is 6.82. The highest BCUT2D eigenvalue weighted by Gasteiger charge is 2.25. The lowest BCUT2D eigenvalue weighted by Gasteiger charge is -2.24. The largest absolute Gasteiger partial charge is 0.508 e. The zero-order valence-corrected chi connectivity index (χ0v) is 17.0. The van der Waals surface area contributed by atoms with E-state index in [1.54, 1.807) is 24.9 Å². The van der Waals surface area contributed by atoms with E-state index in [1.165, 1.54) is 17.0 Å².